The van der Waals surface area contributed by atoms with Gasteiger partial charge in [0.25, 0.3) is 0 Å². The zero-order valence-electron chi connectivity index (χ0n) is 13.2. The van der Waals surface area contributed by atoms with Crippen LogP contribution in [0.4, 0.5) is 0 Å². The Morgan fingerprint density at radius 3 is 2.48 bits per heavy atom. The number of allylic oxidation sites excluding steroid dienone is 1. The molecule has 2 fully saturated rings. The van der Waals surface area contributed by atoms with Crippen molar-refractivity contribution in [2.75, 3.05) is 0 Å². The van der Waals surface area contributed by atoms with E-state index < -0.39 is 0 Å². The highest BCUT2D eigenvalue weighted by Crippen LogP contribution is 2.49. The van der Waals surface area contributed by atoms with Crippen LogP contribution in [0.3, 0.4) is 0 Å². The third kappa shape index (κ3) is 3.97. The van der Waals surface area contributed by atoms with E-state index in [2.05, 4.69) is 13.2 Å². The minimum absolute atomic E-state index is 0.0387. The molecular formula is C18H28O3. The Kier molecular flexibility index (Phi) is 5.26. The number of carbonyl (C=O) groups excluding carboxylic acids is 1. The van der Waals surface area contributed by atoms with Gasteiger partial charge in [-0.05, 0) is 57.8 Å². The van der Waals surface area contributed by atoms with Crippen LogP contribution in [0.1, 0.15) is 64.7 Å². The fourth-order valence-electron chi connectivity index (χ4n) is 3.89. The Balaban J connectivity index is 2.13. The lowest BCUT2D eigenvalue weighted by Gasteiger charge is -2.39. The standard InChI is InChI=1S/C18H28O3/c1-4-6-10-18-12-8-16(20-15(3)19)7-11-17(21-18,9-5-2)13-14-18/h4-5,16H,1-2,6-14H2,3H3/t16-,17-,18+/m1/s1. The molecule has 0 amide bonds. The van der Waals surface area contributed by atoms with Crippen LogP contribution in [0.25, 0.3) is 0 Å². The third-order valence-corrected chi connectivity index (χ3v) is 4.97. The van der Waals surface area contributed by atoms with Gasteiger partial charge in [0.2, 0.25) is 0 Å². The summed E-state index contributed by atoms with van der Waals surface area (Å²) in [6, 6.07) is 0. The fourth-order valence-corrected chi connectivity index (χ4v) is 3.89. The second kappa shape index (κ2) is 6.78. The van der Waals surface area contributed by atoms with Gasteiger partial charge in [-0.1, -0.05) is 12.2 Å². The first-order valence-electron chi connectivity index (χ1n) is 8.12. The van der Waals surface area contributed by atoms with Gasteiger partial charge in [0, 0.05) is 6.92 Å². The molecule has 2 heterocycles. The molecule has 2 bridgehead atoms. The van der Waals surface area contributed by atoms with Crippen molar-refractivity contribution in [1.82, 2.24) is 0 Å². The maximum absolute atomic E-state index is 11.3. The molecule has 0 N–H and O–H groups in total. The Hall–Kier alpha value is -1.09. The fraction of sp³-hybridized carbons (Fsp3) is 0.722. The molecule has 2 rings (SSSR count). The molecule has 0 aliphatic carbocycles. The minimum Gasteiger partial charge on any atom is -0.463 e. The second-order valence-electron chi connectivity index (χ2n) is 6.60. The summed E-state index contributed by atoms with van der Waals surface area (Å²) in [5.41, 5.74) is -0.155. The van der Waals surface area contributed by atoms with Crippen LogP contribution in [0.5, 0.6) is 0 Å². The van der Waals surface area contributed by atoms with E-state index in [4.69, 9.17) is 9.47 Å². The summed E-state index contributed by atoms with van der Waals surface area (Å²) in [6.07, 6.45) is 12.7. The predicted octanol–water partition coefficient (Wildman–Crippen LogP) is 4.32. The van der Waals surface area contributed by atoms with Crippen molar-refractivity contribution in [3.8, 4) is 0 Å². The maximum Gasteiger partial charge on any atom is 0.302 e. The van der Waals surface area contributed by atoms with Gasteiger partial charge in [-0.25, -0.2) is 0 Å². The summed E-state index contributed by atoms with van der Waals surface area (Å²) in [6.45, 7) is 9.22. The van der Waals surface area contributed by atoms with E-state index in [9.17, 15) is 4.79 Å². The molecule has 2 aliphatic rings. The summed E-state index contributed by atoms with van der Waals surface area (Å²) in [5.74, 6) is -0.174. The van der Waals surface area contributed by atoms with Gasteiger partial charge in [0.05, 0.1) is 11.2 Å². The molecule has 0 aromatic rings. The molecule has 2 aliphatic heterocycles. The van der Waals surface area contributed by atoms with E-state index in [1.807, 2.05) is 12.2 Å². The predicted molar refractivity (Wildman–Crippen MR) is 84.0 cm³/mol. The molecule has 118 valence electrons. The third-order valence-electron chi connectivity index (χ3n) is 4.97. The van der Waals surface area contributed by atoms with Crippen LogP contribution in [0.2, 0.25) is 0 Å². The van der Waals surface area contributed by atoms with Crippen LogP contribution < -0.4 is 0 Å². The van der Waals surface area contributed by atoms with Gasteiger partial charge in [-0.15, -0.1) is 13.2 Å². The van der Waals surface area contributed by atoms with E-state index in [1.54, 1.807) is 0 Å². The monoisotopic (exact) mass is 292 g/mol. The molecule has 0 saturated carbocycles. The molecule has 2 saturated heterocycles. The summed E-state index contributed by atoms with van der Waals surface area (Å²) in [4.78, 5) is 11.3. The number of hydrogen-bond donors (Lipinski definition) is 0. The average Bonchev–Trinajstić information content (AvgIpc) is 2.81. The van der Waals surface area contributed by atoms with Gasteiger partial charge in [-0.2, -0.15) is 0 Å². The van der Waals surface area contributed by atoms with E-state index in [0.29, 0.717) is 0 Å². The summed E-state index contributed by atoms with van der Waals surface area (Å²) in [5, 5.41) is 0. The highest BCUT2D eigenvalue weighted by molar-refractivity contribution is 5.66. The molecule has 21 heavy (non-hydrogen) atoms. The van der Waals surface area contributed by atoms with Crippen LogP contribution >= 0.6 is 0 Å². The minimum atomic E-state index is -0.174. The summed E-state index contributed by atoms with van der Waals surface area (Å²) in [7, 11) is 0. The quantitative estimate of drug-likeness (QED) is 0.540. The molecule has 3 atom stereocenters. The normalized spacial score (nSPS) is 35.6. The number of rotatable bonds is 6. The molecular weight excluding hydrogens is 264 g/mol. The Morgan fingerprint density at radius 1 is 1.19 bits per heavy atom. The highest BCUT2D eigenvalue weighted by atomic mass is 16.5. The maximum atomic E-state index is 11.3. The lowest BCUT2D eigenvalue weighted by Crippen LogP contribution is -2.39. The van der Waals surface area contributed by atoms with Crippen molar-refractivity contribution in [3.63, 3.8) is 0 Å². The largest absolute Gasteiger partial charge is 0.463 e. The van der Waals surface area contributed by atoms with E-state index >= 15 is 0 Å². The summed E-state index contributed by atoms with van der Waals surface area (Å²) >= 11 is 0. The SMILES string of the molecule is C=CCC[C@]12CC[C@H](OC(C)=O)CC[C@](CC=C)(CC1)O2. The lowest BCUT2D eigenvalue weighted by atomic mass is 9.88. The number of carbonyl (C=O) groups is 1. The van der Waals surface area contributed by atoms with Gasteiger partial charge in [0.1, 0.15) is 6.10 Å². The van der Waals surface area contributed by atoms with Crippen molar-refractivity contribution in [1.29, 1.82) is 0 Å². The molecule has 0 radical (unpaired) electrons. The van der Waals surface area contributed by atoms with Crippen molar-refractivity contribution >= 4 is 5.97 Å². The molecule has 0 unspecified atom stereocenters. The Bertz CT molecular complexity index is 403. The van der Waals surface area contributed by atoms with E-state index in [-0.39, 0.29) is 23.3 Å². The number of fused-ring (bicyclic) bond motifs is 2. The van der Waals surface area contributed by atoms with E-state index in [0.717, 1.165) is 57.8 Å². The molecule has 3 nitrogen and oxygen atoms in total. The van der Waals surface area contributed by atoms with Crippen molar-refractivity contribution in [2.45, 2.75) is 82.0 Å². The molecule has 0 spiro atoms. The first kappa shape index (κ1) is 16.3. The highest BCUT2D eigenvalue weighted by Gasteiger charge is 2.49. The van der Waals surface area contributed by atoms with Crippen LogP contribution in [0, 0.1) is 0 Å². The zero-order chi connectivity index (χ0) is 15.3. The van der Waals surface area contributed by atoms with Crippen LogP contribution in [-0.2, 0) is 14.3 Å². The van der Waals surface area contributed by atoms with Gasteiger partial charge in [0.15, 0.2) is 0 Å². The number of ether oxygens (including phenoxy) is 2. The zero-order valence-corrected chi connectivity index (χ0v) is 13.2. The first-order valence-corrected chi connectivity index (χ1v) is 8.12. The van der Waals surface area contributed by atoms with Crippen LogP contribution in [-0.4, -0.2) is 23.3 Å². The first-order chi connectivity index (χ1) is 10.0. The van der Waals surface area contributed by atoms with Crippen molar-refractivity contribution in [2.24, 2.45) is 0 Å². The van der Waals surface area contributed by atoms with Gasteiger partial charge < -0.3 is 9.47 Å². The lowest BCUT2D eigenvalue weighted by molar-refractivity contribution is -0.157. The Morgan fingerprint density at radius 2 is 1.86 bits per heavy atom. The van der Waals surface area contributed by atoms with Crippen LogP contribution in [0.15, 0.2) is 25.3 Å². The molecule has 0 aromatic heterocycles. The number of hydrogen-bond acceptors (Lipinski definition) is 3. The Labute approximate surface area is 128 Å². The molecule has 3 heteroatoms. The topological polar surface area (TPSA) is 35.5 Å². The molecule has 0 aromatic carbocycles. The van der Waals surface area contributed by atoms with Crippen molar-refractivity contribution in [3.05, 3.63) is 25.3 Å². The van der Waals surface area contributed by atoms with E-state index in [1.165, 1.54) is 6.92 Å². The van der Waals surface area contributed by atoms with Crippen molar-refractivity contribution < 1.29 is 14.3 Å². The van der Waals surface area contributed by atoms with Gasteiger partial charge >= 0.3 is 5.97 Å². The summed E-state index contributed by atoms with van der Waals surface area (Å²) < 4.78 is 12.1. The smallest absolute Gasteiger partial charge is 0.302 e. The number of esters is 1. The average molecular weight is 292 g/mol. The van der Waals surface area contributed by atoms with Gasteiger partial charge in [-0.3, -0.25) is 4.79 Å². The second-order valence-corrected chi connectivity index (χ2v) is 6.60.